The van der Waals surface area contributed by atoms with Crippen LogP contribution in [0.25, 0.3) is 0 Å². The number of carbonyl (C=O) groups is 2. The van der Waals surface area contributed by atoms with Gasteiger partial charge in [0.2, 0.25) is 0 Å². The van der Waals surface area contributed by atoms with Gasteiger partial charge in [-0.05, 0) is 69.8 Å². The van der Waals surface area contributed by atoms with Gasteiger partial charge in [-0.3, -0.25) is 23.2 Å². The van der Waals surface area contributed by atoms with Crippen molar-refractivity contribution in [3.63, 3.8) is 0 Å². The normalized spacial score (nSPS) is 19.7. The number of phosphoric acid groups is 2. The molecule has 0 spiro atoms. The number of ether oxygens (including phenoxy) is 3. The van der Waals surface area contributed by atoms with Crippen molar-refractivity contribution in [1.82, 2.24) is 9.55 Å². The molecule has 0 amide bonds. The average Bonchev–Trinajstić information content (AvgIpc) is 3.58. The number of nitrogens with two attached hydrogens (primary N) is 1. The van der Waals surface area contributed by atoms with Crippen LogP contribution in [0.15, 0.2) is 65.7 Å². The second kappa shape index (κ2) is 37.4. The Bertz CT molecular complexity index is 1880. The number of aromatic nitrogens is 2. The number of nitrogens with zero attached hydrogens (tertiary/aromatic N) is 2. The summed E-state index contributed by atoms with van der Waals surface area (Å²) in [6.45, 7) is 2.39. The topological polar surface area (TPSA) is 286 Å². The molecule has 2 rings (SSSR count). The van der Waals surface area contributed by atoms with Crippen LogP contribution in [0.5, 0.6) is 0 Å². The minimum absolute atomic E-state index is 0.0358. The van der Waals surface area contributed by atoms with E-state index in [9.17, 15) is 43.5 Å². The Morgan fingerprint density at radius 1 is 0.729 bits per heavy atom. The summed E-state index contributed by atoms with van der Waals surface area (Å²) >= 11 is 0. The summed E-state index contributed by atoms with van der Waals surface area (Å²) in [6, 6.07) is 1.24. The fourth-order valence-corrected chi connectivity index (χ4v) is 9.34. The number of rotatable bonds is 41. The number of esters is 2. The summed E-state index contributed by atoms with van der Waals surface area (Å²) in [7, 11) is -10.9. The standard InChI is InChI=1S/C49H83N3O16P2/c1-40(2)31-27-23-19-15-11-10-13-16-20-24-28-32-44(54)63-37-41(66-45(55)33-29-25-21-17-12-8-6-4-3-5-7-9-14-18-22-26-30-36-53)38-64-69(59,60)68-70(61,62)65-39-42-46(56)47(57)48(67-42)52-35-34-43(50)51-49(52)58/h3,5-6,8-9,14,17,21,34-35,40-42,46-48,53,56-57H,4,7,10-13,15-16,18-20,22-33,36-39H2,1-2H3,(H,59,60)(H,61,62)(H2,50,51,58)/b5-3-,8-6-,14-9-,21-17-/t41-,42-,46-,47-,48-/m1/s1. The number of carbonyl (C=O) groups excluding carboxylic acids is 2. The number of unbranched alkanes of at least 4 members (excludes halogenated alkanes) is 14. The molecule has 2 heterocycles. The van der Waals surface area contributed by atoms with Crippen molar-refractivity contribution in [3.05, 3.63) is 71.4 Å². The summed E-state index contributed by atoms with van der Waals surface area (Å²) in [5.41, 5.74) is 4.58. The lowest BCUT2D eigenvalue weighted by atomic mass is 10.0. The Labute approximate surface area is 414 Å². The van der Waals surface area contributed by atoms with Crippen molar-refractivity contribution >= 4 is 33.4 Å². The van der Waals surface area contributed by atoms with Crippen molar-refractivity contribution < 1.29 is 71.4 Å². The monoisotopic (exact) mass is 1030 g/mol. The lowest BCUT2D eigenvalue weighted by Crippen LogP contribution is -2.36. The van der Waals surface area contributed by atoms with E-state index in [0.717, 1.165) is 87.3 Å². The lowest BCUT2D eigenvalue weighted by Gasteiger charge is -2.21. The molecule has 1 aliphatic heterocycles. The van der Waals surface area contributed by atoms with Gasteiger partial charge in [0.05, 0.1) is 13.2 Å². The quantitative estimate of drug-likeness (QED) is 0.0154. The molecule has 0 saturated carbocycles. The molecule has 0 bridgehead atoms. The van der Waals surface area contributed by atoms with Crippen LogP contribution >= 0.6 is 15.6 Å². The van der Waals surface area contributed by atoms with E-state index in [1.54, 1.807) is 0 Å². The largest absolute Gasteiger partial charge is 0.481 e. The van der Waals surface area contributed by atoms with Crippen molar-refractivity contribution in [3.8, 4) is 0 Å². The SMILES string of the molecule is CC(C)CCCCCCCCCCCCCC(=O)OC[C@H](COP(=O)(O)OP(=O)(O)OC[C@H]1O[C@@H](n2ccc(N)nc2=O)[C@H](O)[C@@H]1O)OC(=O)CCC/C=C\C/C=C\C/C=C\C/C=C\CCCCCO. The molecule has 7 atom stereocenters. The maximum absolute atomic E-state index is 12.8. The van der Waals surface area contributed by atoms with E-state index in [1.165, 1.54) is 51.0 Å². The predicted molar refractivity (Wildman–Crippen MR) is 267 cm³/mol. The first kappa shape index (κ1) is 62.8. The van der Waals surface area contributed by atoms with Crippen molar-refractivity contribution in [2.45, 2.75) is 192 Å². The first-order valence-corrected chi connectivity index (χ1v) is 28.1. The summed E-state index contributed by atoms with van der Waals surface area (Å²) < 4.78 is 56.7. The summed E-state index contributed by atoms with van der Waals surface area (Å²) in [6.07, 6.45) is 30.8. The fourth-order valence-electron chi connectivity index (χ4n) is 7.23. The molecule has 1 aliphatic rings. The van der Waals surface area contributed by atoms with E-state index in [0.29, 0.717) is 19.3 Å². The summed E-state index contributed by atoms with van der Waals surface area (Å²) in [5.74, 6) is -0.618. The smallest absolute Gasteiger partial charge is 0.462 e. The van der Waals surface area contributed by atoms with Crippen LogP contribution in [0, 0.1) is 5.92 Å². The minimum atomic E-state index is -5.44. The first-order valence-electron chi connectivity index (χ1n) is 25.1. The molecular formula is C49H83N3O16P2. The van der Waals surface area contributed by atoms with Crippen LogP contribution in [0.3, 0.4) is 0 Å². The second-order valence-electron chi connectivity index (χ2n) is 17.9. The molecular weight excluding hydrogens is 948 g/mol. The number of aliphatic hydroxyl groups is 3. The highest BCUT2D eigenvalue weighted by molar-refractivity contribution is 7.61. The number of allylic oxidation sites excluding steroid dienone is 8. The van der Waals surface area contributed by atoms with Crippen LogP contribution in [0.2, 0.25) is 0 Å². The number of aliphatic hydroxyl groups excluding tert-OH is 3. The fraction of sp³-hybridized carbons (Fsp3) is 0.714. The highest BCUT2D eigenvalue weighted by atomic mass is 31.3. The van der Waals surface area contributed by atoms with Gasteiger partial charge in [0.15, 0.2) is 12.3 Å². The highest BCUT2D eigenvalue weighted by Gasteiger charge is 2.46. The van der Waals surface area contributed by atoms with E-state index in [-0.39, 0.29) is 25.3 Å². The van der Waals surface area contributed by atoms with E-state index in [1.807, 2.05) is 18.2 Å². The van der Waals surface area contributed by atoms with Gasteiger partial charge in [0, 0.05) is 25.6 Å². The molecule has 1 saturated heterocycles. The molecule has 21 heteroatoms. The Morgan fingerprint density at radius 2 is 1.26 bits per heavy atom. The molecule has 0 radical (unpaired) electrons. The van der Waals surface area contributed by atoms with Gasteiger partial charge >= 0.3 is 33.3 Å². The van der Waals surface area contributed by atoms with Gasteiger partial charge in [0.25, 0.3) is 0 Å². The third kappa shape index (κ3) is 30.5. The number of hydrogen-bond donors (Lipinski definition) is 6. The number of hydrogen-bond acceptors (Lipinski definition) is 16. The molecule has 400 valence electrons. The van der Waals surface area contributed by atoms with E-state index >= 15 is 0 Å². The molecule has 2 unspecified atom stereocenters. The molecule has 0 aromatic carbocycles. The zero-order valence-corrected chi connectivity index (χ0v) is 43.2. The van der Waals surface area contributed by atoms with Crippen molar-refractivity contribution in [2.24, 2.45) is 5.92 Å². The molecule has 7 N–H and O–H groups in total. The molecule has 1 fully saturated rings. The Kier molecular flexibility index (Phi) is 33.6. The number of anilines is 1. The van der Waals surface area contributed by atoms with Gasteiger partial charge in [0.1, 0.15) is 30.7 Å². The predicted octanol–water partition coefficient (Wildman–Crippen LogP) is 9.00. The van der Waals surface area contributed by atoms with Crippen LogP contribution in [-0.2, 0) is 46.3 Å². The third-order valence-electron chi connectivity index (χ3n) is 11.1. The number of nitrogen functional groups attached to an aromatic ring is 1. The van der Waals surface area contributed by atoms with Crippen LogP contribution in [0.4, 0.5) is 5.82 Å². The number of phosphoric ester groups is 2. The Morgan fingerprint density at radius 3 is 1.84 bits per heavy atom. The maximum atomic E-state index is 12.8. The van der Waals surface area contributed by atoms with Crippen molar-refractivity contribution in [2.75, 3.05) is 32.2 Å². The molecule has 70 heavy (non-hydrogen) atoms. The third-order valence-corrected chi connectivity index (χ3v) is 13.8. The van der Waals surface area contributed by atoms with E-state index in [2.05, 4.69) is 53.5 Å². The van der Waals surface area contributed by atoms with Crippen LogP contribution < -0.4 is 11.4 Å². The van der Waals surface area contributed by atoms with Gasteiger partial charge < -0.3 is 45.1 Å². The van der Waals surface area contributed by atoms with Gasteiger partial charge in [-0.1, -0.05) is 140 Å². The summed E-state index contributed by atoms with van der Waals surface area (Å²) in [4.78, 5) is 61.8. The highest BCUT2D eigenvalue weighted by Crippen LogP contribution is 2.60. The first-order chi connectivity index (χ1) is 33.5. The molecule has 19 nitrogen and oxygen atoms in total. The zero-order valence-electron chi connectivity index (χ0n) is 41.4. The van der Waals surface area contributed by atoms with Gasteiger partial charge in [-0.25, -0.2) is 13.9 Å². The van der Waals surface area contributed by atoms with E-state index in [4.69, 9.17) is 34.1 Å². The zero-order chi connectivity index (χ0) is 51.5. The average molecular weight is 1030 g/mol. The van der Waals surface area contributed by atoms with Gasteiger partial charge in [-0.2, -0.15) is 9.29 Å². The maximum Gasteiger partial charge on any atom is 0.481 e. The lowest BCUT2D eigenvalue weighted by molar-refractivity contribution is -0.161. The van der Waals surface area contributed by atoms with Crippen molar-refractivity contribution in [1.29, 1.82) is 0 Å². The minimum Gasteiger partial charge on any atom is -0.462 e. The molecule has 1 aromatic rings. The van der Waals surface area contributed by atoms with Gasteiger partial charge in [-0.15, -0.1) is 0 Å². The Hall–Kier alpha value is -3.32. The van der Waals surface area contributed by atoms with Crippen LogP contribution in [-0.4, -0.2) is 97.4 Å². The van der Waals surface area contributed by atoms with Crippen LogP contribution in [0.1, 0.15) is 168 Å². The summed E-state index contributed by atoms with van der Waals surface area (Å²) in [5, 5.41) is 29.7. The Balaban J connectivity index is 1.83. The second-order valence-corrected chi connectivity index (χ2v) is 20.9. The molecule has 1 aromatic heterocycles. The van der Waals surface area contributed by atoms with E-state index < -0.39 is 83.7 Å². The molecule has 0 aliphatic carbocycles.